The van der Waals surface area contributed by atoms with Gasteiger partial charge in [0.1, 0.15) is 12.0 Å². The summed E-state index contributed by atoms with van der Waals surface area (Å²) in [5.74, 6) is 0.414. The first-order valence-electron chi connectivity index (χ1n) is 12.3. The summed E-state index contributed by atoms with van der Waals surface area (Å²) in [6.45, 7) is 1.29. The van der Waals surface area contributed by atoms with Gasteiger partial charge in [-0.1, -0.05) is 18.2 Å². The molecule has 1 atom stereocenters. The molecule has 0 aliphatic carbocycles. The highest BCUT2D eigenvalue weighted by Crippen LogP contribution is 2.29. The molecule has 9 nitrogen and oxygen atoms in total. The lowest BCUT2D eigenvalue weighted by Crippen LogP contribution is -2.18. The highest BCUT2D eigenvalue weighted by atomic mass is 16.5. The Morgan fingerprint density at radius 3 is 2.76 bits per heavy atom. The molecule has 0 amide bonds. The largest absolute Gasteiger partial charge is 0.497 e. The number of fused-ring (bicyclic) bond motifs is 3. The fraction of sp³-hybridized carbons (Fsp3) is 0.250. The summed E-state index contributed by atoms with van der Waals surface area (Å²) < 4.78 is 14.9. The van der Waals surface area contributed by atoms with Gasteiger partial charge in [-0.15, -0.1) is 0 Å². The third-order valence-electron chi connectivity index (χ3n) is 6.75. The summed E-state index contributed by atoms with van der Waals surface area (Å²) >= 11 is 0. The number of carboxylic acids is 1. The van der Waals surface area contributed by atoms with Crippen LogP contribution in [0.4, 0.5) is 5.82 Å². The van der Waals surface area contributed by atoms with Crippen molar-refractivity contribution in [3.05, 3.63) is 78.1 Å². The third kappa shape index (κ3) is 4.49. The molecule has 4 heterocycles. The molecular weight excluding hydrogens is 470 g/mol. The smallest absolute Gasteiger partial charge is 0.337 e. The molecule has 2 aromatic carbocycles. The van der Waals surface area contributed by atoms with E-state index in [2.05, 4.69) is 5.32 Å². The molecule has 1 aliphatic heterocycles. The van der Waals surface area contributed by atoms with Gasteiger partial charge < -0.3 is 24.3 Å². The van der Waals surface area contributed by atoms with Gasteiger partial charge in [0, 0.05) is 31.1 Å². The number of nitrogens with zero attached hydrogens (tertiary/aromatic N) is 4. The average Bonchev–Trinajstić information content (AvgIpc) is 3.61. The van der Waals surface area contributed by atoms with Crippen LogP contribution in [-0.2, 0) is 11.3 Å². The zero-order chi connectivity index (χ0) is 25.4. The van der Waals surface area contributed by atoms with Gasteiger partial charge >= 0.3 is 5.97 Å². The Morgan fingerprint density at radius 1 is 1.14 bits per heavy atom. The van der Waals surface area contributed by atoms with Crippen LogP contribution in [0.1, 0.15) is 41.4 Å². The van der Waals surface area contributed by atoms with Crippen LogP contribution < -0.4 is 10.1 Å². The molecule has 0 saturated carbocycles. The normalized spacial score (nSPS) is 15.8. The van der Waals surface area contributed by atoms with Crippen molar-refractivity contribution in [1.29, 1.82) is 0 Å². The molecule has 6 rings (SSSR count). The lowest BCUT2D eigenvalue weighted by Gasteiger charge is -2.22. The Hall–Kier alpha value is -4.37. The van der Waals surface area contributed by atoms with Gasteiger partial charge in [-0.05, 0) is 61.2 Å². The molecule has 5 aromatic rings. The number of aromatic nitrogens is 4. The van der Waals surface area contributed by atoms with Gasteiger partial charge in [-0.25, -0.2) is 14.5 Å². The van der Waals surface area contributed by atoms with Crippen molar-refractivity contribution in [2.75, 3.05) is 19.0 Å². The van der Waals surface area contributed by atoms with Crippen molar-refractivity contribution >= 4 is 28.3 Å². The monoisotopic (exact) mass is 497 g/mol. The Kier molecular flexibility index (Phi) is 5.97. The molecule has 3 aromatic heterocycles. The number of carbonyl (C=O) groups is 1. The highest BCUT2D eigenvalue weighted by Gasteiger charge is 2.18. The van der Waals surface area contributed by atoms with E-state index in [-0.39, 0.29) is 11.8 Å². The van der Waals surface area contributed by atoms with E-state index in [0.29, 0.717) is 17.9 Å². The van der Waals surface area contributed by atoms with E-state index >= 15 is 0 Å². The Bertz CT molecular complexity index is 1580. The summed E-state index contributed by atoms with van der Waals surface area (Å²) in [6.07, 6.45) is 6.75. The molecule has 1 aliphatic rings. The number of hydrogen-bond donors (Lipinski definition) is 2. The van der Waals surface area contributed by atoms with Crippen LogP contribution in [0.3, 0.4) is 0 Å². The number of carboxylic acid groups (broad SMARTS) is 1. The number of methoxy groups -OCH3 is 1. The van der Waals surface area contributed by atoms with Gasteiger partial charge in [0.25, 0.3) is 0 Å². The van der Waals surface area contributed by atoms with Crippen molar-refractivity contribution in [3.63, 3.8) is 0 Å². The molecular formula is C28H27N5O4. The first-order chi connectivity index (χ1) is 18.1. The van der Waals surface area contributed by atoms with E-state index < -0.39 is 5.97 Å². The quantitative estimate of drug-likeness (QED) is 0.312. The van der Waals surface area contributed by atoms with Crippen LogP contribution in [0.25, 0.3) is 27.8 Å². The Labute approximate surface area is 213 Å². The topological polar surface area (TPSA) is 103 Å². The molecule has 1 fully saturated rings. The second kappa shape index (κ2) is 9.59. The molecule has 0 radical (unpaired) electrons. The van der Waals surface area contributed by atoms with Gasteiger partial charge in [-0.3, -0.25) is 0 Å². The minimum Gasteiger partial charge on any atom is -0.497 e. The maximum absolute atomic E-state index is 11.7. The molecule has 1 saturated heterocycles. The summed E-state index contributed by atoms with van der Waals surface area (Å²) in [5.41, 5.74) is 5.27. The molecule has 2 N–H and O–H groups in total. The number of nitrogens with one attached hydrogen (secondary N) is 1. The lowest BCUT2D eigenvalue weighted by atomic mass is 10.1. The van der Waals surface area contributed by atoms with Gasteiger partial charge in [0.05, 0.1) is 34.9 Å². The van der Waals surface area contributed by atoms with Crippen LogP contribution in [-0.4, -0.2) is 44.0 Å². The Balaban J connectivity index is 1.37. The van der Waals surface area contributed by atoms with Crippen LogP contribution in [0.2, 0.25) is 0 Å². The average molecular weight is 498 g/mol. The predicted octanol–water partition coefficient (Wildman–Crippen LogP) is 5.37. The van der Waals surface area contributed by atoms with Crippen molar-refractivity contribution in [3.8, 4) is 17.0 Å². The van der Waals surface area contributed by atoms with E-state index in [4.69, 9.17) is 19.6 Å². The van der Waals surface area contributed by atoms with Crippen molar-refractivity contribution < 1.29 is 19.4 Å². The zero-order valence-electron chi connectivity index (χ0n) is 20.4. The van der Waals surface area contributed by atoms with E-state index in [1.807, 2.05) is 63.8 Å². The minimum atomic E-state index is -0.981. The van der Waals surface area contributed by atoms with Crippen LogP contribution in [0.5, 0.6) is 5.75 Å². The van der Waals surface area contributed by atoms with Gasteiger partial charge in [0.2, 0.25) is 0 Å². The number of aromatic carboxylic acids is 1. The van der Waals surface area contributed by atoms with Crippen molar-refractivity contribution in [2.45, 2.75) is 32.0 Å². The Morgan fingerprint density at radius 2 is 2.00 bits per heavy atom. The van der Waals surface area contributed by atoms with E-state index in [0.717, 1.165) is 59.5 Å². The molecule has 37 heavy (non-hydrogen) atoms. The summed E-state index contributed by atoms with van der Waals surface area (Å²) in [5, 5.41) is 17.8. The second-order valence-corrected chi connectivity index (χ2v) is 9.16. The zero-order valence-corrected chi connectivity index (χ0v) is 20.4. The molecule has 0 spiro atoms. The third-order valence-corrected chi connectivity index (χ3v) is 6.75. The fourth-order valence-corrected chi connectivity index (χ4v) is 4.76. The summed E-state index contributed by atoms with van der Waals surface area (Å²) in [4.78, 5) is 16.6. The maximum Gasteiger partial charge on any atom is 0.337 e. The van der Waals surface area contributed by atoms with Crippen LogP contribution in [0.15, 0.2) is 67.0 Å². The molecule has 188 valence electrons. The van der Waals surface area contributed by atoms with Crippen molar-refractivity contribution in [2.24, 2.45) is 0 Å². The van der Waals surface area contributed by atoms with Crippen molar-refractivity contribution in [1.82, 2.24) is 19.2 Å². The summed E-state index contributed by atoms with van der Waals surface area (Å²) in [7, 11) is 1.64. The SMILES string of the molecule is COc1ccc(CNc2nc3cc(-c4ccn(C5CCCCO5)n4)ccc3n3cc(C(=O)O)cc23)cc1. The highest BCUT2D eigenvalue weighted by molar-refractivity contribution is 5.94. The molecule has 1 unspecified atom stereocenters. The van der Waals surface area contributed by atoms with Gasteiger partial charge in [0.15, 0.2) is 5.82 Å². The minimum absolute atomic E-state index is 0.0243. The number of anilines is 1. The van der Waals surface area contributed by atoms with Gasteiger partial charge in [-0.2, -0.15) is 5.10 Å². The number of rotatable bonds is 7. The predicted molar refractivity (Wildman–Crippen MR) is 140 cm³/mol. The number of benzene rings is 2. The molecule has 9 heteroatoms. The standard InChI is InChI=1S/C28H27N5O4/c1-36-21-8-5-18(6-9-21)16-29-27-25-15-20(28(34)35)17-32(25)24-10-7-19(14-23(24)30-27)22-11-12-33(31-22)26-4-2-3-13-37-26/h5-12,14-15,17,26H,2-4,13,16H2,1H3,(H,29,30)(H,34,35). The van der Waals surface area contributed by atoms with E-state index in [9.17, 15) is 9.90 Å². The maximum atomic E-state index is 11.7. The fourth-order valence-electron chi connectivity index (χ4n) is 4.76. The van der Waals surface area contributed by atoms with Crippen LogP contribution >= 0.6 is 0 Å². The molecule has 0 bridgehead atoms. The first kappa shape index (κ1) is 23.1. The van der Waals surface area contributed by atoms with Crippen LogP contribution in [0, 0.1) is 0 Å². The second-order valence-electron chi connectivity index (χ2n) is 9.16. The number of hydrogen-bond acceptors (Lipinski definition) is 6. The first-order valence-corrected chi connectivity index (χ1v) is 12.3. The van der Waals surface area contributed by atoms with E-state index in [1.165, 1.54) is 0 Å². The number of ether oxygens (including phenoxy) is 2. The summed E-state index contributed by atoms with van der Waals surface area (Å²) in [6, 6.07) is 17.3. The van der Waals surface area contributed by atoms with E-state index in [1.54, 1.807) is 19.4 Å². The lowest BCUT2D eigenvalue weighted by molar-refractivity contribution is -0.0393.